The van der Waals surface area contributed by atoms with Crippen LogP contribution in [-0.2, 0) is 9.84 Å². The lowest BCUT2D eigenvalue weighted by Crippen LogP contribution is -1.83. The second-order valence-electron chi connectivity index (χ2n) is 1.72. The van der Waals surface area contributed by atoms with Crippen LogP contribution in [0, 0.1) is 0 Å². The Kier molecular flexibility index (Phi) is 8.49. The van der Waals surface area contributed by atoms with E-state index >= 15 is 0 Å². The molecule has 14 heavy (non-hydrogen) atoms. The molecule has 0 saturated carbocycles. The SMILES string of the molecule is C=CS(=O)(=O)C=C.F.c1ncncn1. The summed E-state index contributed by atoms with van der Waals surface area (Å²) < 4.78 is 20.3. The molecule has 7 heteroatoms. The Morgan fingerprint density at radius 1 is 0.929 bits per heavy atom. The van der Waals surface area contributed by atoms with Crippen molar-refractivity contribution in [2.45, 2.75) is 0 Å². The van der Waals surface area contributed by atoms with Gasteiger partial charge in [0.25, 0.3) is 0 Å². The van der Waals surface area contributed by atoms with Crippen molar-refractivity contribution in [1.29, 1.82) is 0 Å². The molecule has 0 aliphatic heterocycles. The molecule has 0 amide bonds. The average molecular weight is 219 g/mol. The molecule has 0 fully saturated rings. The maximum absolute atomic E-state index is 10.1. The van der Waals surface area contributed by atoms with E-state index in [-0.39, 0.29) is 4.70 Å². The number of nitrogens with zero attached hydrogens (tertiary/aromatic N) is 3. The van der Waals surface area contributed by atoms with Crippen molar-refractivity contribution in [3.05, 3.63) is 43.0 Å². The van der Waals surface area contributed by atoms with E-state index in [0.29, 0.717) is 0 Å². The van der Waals surface area contributed by atoms with Gasteiger partial charge in [-0.05, 0) is 0 Å². The lowest BCUT2D eigenvalue weighted by atomic mass is 11.1. The van der Waals surface area contributed by atoms with Gasteiger partial charge in [-0.1, -0.05) is 13.2 Å². The normalized spacial score (nSPS) is 8.57. The molecule has 0 atom stereocenters. The highest BCUT2D eigenvalue weighted by molar-refractivity contribution is 7.97. The van der Waals surface area contributed by atoms with Gasteiger partial charge in [-0.3, -0.25) is 4.70 Å². The van der Waals surface area contributed by atoms with Gasteiger partial charge in [0, 0.05) is 10.8 Å². The minimum absolute atomic E-state index is 0. The Hall–Kier alpha value is -1.63. The molecule has 1 rings (SSSR count). The van der Waals surface area contributed by atoms with Crippen LogP contribution >= 0.6 is 0 Å². The highest BCUT2D eigenvalue weighted by atomic mass is 32.2. The van der Waals surface area contributed by atoms with E-state index in [1.165, 1.54) is 19.0 Å². The first-order chi connectivity index (χ1) is 6.12. The highest BCUT2D eigenvalue weighted by Crippen LogP contribution is 1.87. The van der Waals surface area contributed by atoms with Gasteiger partial charge < -0.3 is 0 Å². The number of hydrogen-bond donors (Lipinski definition) is 0. The summed E-state index contributed by atoms with van der Waals surface area (Å²) in [6, 6.07) is 0. The quantitative estimate of drug-likeness (QED) is 0.732. The highest BCUT2D eigenvalue weighted by Gasteiger charge is 1.90. The molecular formula is C7H10FN3O2S. The summed E-state index contributed by atoms with van der Waals surface area (Å²) in [5.74, 6) is 0. The Morgan fingerprint density at radius 3 is 1.29 bits per heavy atom. The Morgan fingerprint density at radius 2 is 1.21 bits per heavy atom. The van der Waals surface area contributed by atoms with Crippen molar-refractivity contribution in [3.63, 3.8) is 0 Å². The first kappa shape index (κ1) is 14.9. The molecule has 1 heterocycles. The molecule has 0 saturated heterocycles. The van der Waals surface area contributed by atoms with Crippen LogP contribution in [0.15, 0.2) is 43.0 Å². The first-order valence-electron chi connectivity index (χ1n) is 3.17. The van der Waals surface area contributed by atoms with Crippen LogP contribution in [-0.4, -0.2) is 23.4 Å². The molecule has 1 aromatic heterocycles. The lowest BCUT2D eigenvalue weighted by molar-refractivity contribution is 0.613. The van der Waals surface area contributed by atoms with E-state index in [9.17, 15) is 8.42 Å². The van der Waals surface area contributed by atoms with E-state index in [1.807, 2.05) is 0 Å². The predicted octanol–water partition coefficient (Wildman–Crippen LogP) is 0.712. The zero-order valence-electron chi connectivity index (χ0n) is 7.28. The largest absolute Gasteiger partial charge is 0.269 e. The summed E-state index contributed by atoms with van der Waals surface area (Å²) >= 11 is 0. The fraction of sp³-hybridized carbons (Fsp3) is 0. The molecule has 0 radical (unpaired) electrons. The maximum atomic E-state index is 10.1. The predicted molar refractivity (Wildman–Crippen MR) is 51.6 cm³/mol. The summed E-state index contributed by atoms with van der Waals surface area (Å²) in [4.78, 5) is 10.7. The number of halogens is 1. The van der Waals surface area contributed by atoms with Crippen molar-refractivity contribution in [3.8, 4) is 0 Å². The molecule has 0 spiro atoms. The fourth-order valence-electron chi connectivity index (χ4n) is 0.273. The van der Waals surface area contributed by atoms with Crippen molar-refractivity contribution in [1.82, 2.24) is 15.0 Å². The molecule has 0 aromatic carbocycles. The molecule has 0 bridgehead atoms. The minimum atomic E-state index is -3.13. The number of sulfone groups is 1. The molecule has 0 aliphatic carbocycles. The van der Waals surface area contributed by atoms with Gasteiger partial charge in [-0.25, -0.2) is 23.4 Å². The van der Waals surface area contributed by atoms with E-state index in [2.05, 4.69) is 28.1 Å². The Labute approximate surface area is 81.5 Å². The van der Waals surface area contributed by atoms with Crippen LogP contribution in [0.2, 0.25) is 0 Å². The smallest absolute Gasteiger partial charge is 0.191 e. The van der Waals surface area contributed by atoms with E-state index in [0.717, 1.165) is 10.8 Å². The number of rotatable bonds is 2. The van der Waals surface area contributed by atoms with Gasteiger partial charge in [-0.15, -0.1) is 0 Å². The monoisotopic (exact) mass is 219 g/mol. The second-order valence-corrected chi connectivity index (χ2v) is 3.56. The van der Waals surface area contributed by atoms with Crippen molar-refractivity contribution < 1.29 is 13.1 Å². The Balaban J connectivity index is 0. The standard InChI is InChI=1S/C4H6O2S.C3H3N3.FH/c1-3-7(5,6)4-2;1-4-2-6-3-5-1;/h3-4H,1-2H2;1-3H;1H. The van der Waals surface area contributed by atoms with Gasteiger partial charge in [0.1, 0.15) is 19.0 Å². The summed E-state index contributed by atoms with van der Waals surface area (Å²) in [5, 5.41) is 1.69. The molecule has 0 unspecified atom stereocenters. The molecule has 1 aromatic rings. The van der Waals surface area contributed by atoms with Crippen LogP contribution in [0.5, 0.6) is 0 Å². The summed E-state index contributed by atoms with van der Waals surface area (Å²) in [6.07, 6.45) is 4.31. The van der Waals surface area contributed by atoms with E-state index < -0.39 is 9.84 Å². The van der Waals surface area contributed by atoms with Gasteiger partial charge in [0.05, 0.1) is 0 Å². The van der Waals surface area contributed by atoms with E-state index in [1.54, 1.807) is 0 Å². The second kappa shape index (κ2) is 7.99. The number of aromatic nitrogens is 3. The molecule has 5 nitrogen and oxygen atoms in total. The summed E-state index contributed by atoms with van der Waals surface area (Å²) in [7, 11) is -3.13. The van der Waals surface area contributed by atoms with Crippen LogP contribution in [0.1, 0.15) is 0 Å². The third-order valence-electron chi connectivity index (χ3n) is 0.865. The number of hydrogen-bond acceptors (Lipinski definition) is 5. The van der Waals surface area contributed by atoms with Gasteiger partial charge in [-0.2, -0.15) is 0 Å². The third-order valence-corrected chi connectivity index (χ3v) is 1.79. The molecular weight excluding hydrogens is 209 g/mol. The summed E-state index contributed by atoms with van der Waals surface area (Å²) in [5.41, 5.74) is 0. The molecule has 0 N–H and O–H groups in total. The van der Waals surface area contributed by atoms with Crippen molar-refractivity contribution in [2.24, 2.45) is 0 Å². The van der Waals surface area contributed by atoms with Gasteiger partial charge >= 0.3 is 0 Å². The van der Waals surface area contributed by atoms with Crippen molar-refractivity contribution >= 4 is 9.84 Å². The zero-order chi connectivity index (χ0) is 10.2. The van der Waals surface area contributed by atoms with Crippen LogP contribution < -0.4 is 0 Å². The van der Waals surface area contributed by atoms with Crippen LogP contribution in [0.3, 0.4) is 0 Å². The van der Waals surface area contributed by atoms with Gasteiger partial charge in [0.2, 0.25) is 0 Å². The maximum Gasteiger partial charge on any atom is 0.191 e. The molecule has 78 valence electrons. The topological polar surface area (TPSA) is 72.8 Å². The zero-order valence-corrected chi connectivity index (χ0v) is 8.09. The Bertz CT molecular complexity index is 312. The van der Waals surface area contributed by atoms with Crippen molar-refractivity contribution in [2.75, 3.05) is 0 Å². The van der Waals surface area contributed by atoms with Gasteiger partial charge in [0.15, 0.2) is 9.84 Å². The minimum Gasteiger partial charge on any atom is -0.269 e. The first-order valence-corrected chi connectivity index (χ1v) is 4.78. The fourth-order valence-corrected chi connectivity index (χ4v) is 0.409. The third kappa shape index (κ3) is 8.47. The van der Waals surface area contributed by atoms with Crippen LogP contribution in [0.25, 0.3) is 0 Å². The lowest BCUT2D eigenvalue weighted by Gasteiger charge is -1.78. The molecule has 0 aliphatic rings. The summed E-state index contributed by atoms with van der Waals surface area (Å²) in [6.45, 7) is 6.09. The average Bonchev–Trinajstić information content (AvgIpc) is 2.21. The van der Waals surface area contributed by atoms with Crippen LogP contribution in [0.4, 0.5) is 4.70 Å². The van der Waals surface area contributed by atoms with E-state index in [4.69, 9.17) is 0 Å².